The number of aromatic nitrogens is 6. The van der Waals surface area contributed by atoms with E-state index >= 15 is 0 Å². The molecular formula is C13H20N6OS. The van der Waals surface area contributed by atoms with Crippen molar-refractivity contribution in [1.29, 1.82) is 0 Å². The molecule has 8 heteroatoms. The molecule has 7 nitrogen and oxygen atoms in total. The van der Waals surface area contributed by atoms with Gasteiger partial charge in [0.2, 0.25) is 5.89 Å². The highest BCUT2D eigenvalue weighted by molar-refractivity contribution is 7.98. The molecule has 1 saturated carbocycles. The Labute approximate surface area is 127 Å². The number of rotatable bonds is 8. The maximum absolute atomic E-state index is 5.34. The van der Waals surface area contributed by atoms with E-state index in [1.807, 2.05) is 4.68 Å². The van der Waals surface area contributed by atoms with Crippen molar-refractivity contribution in [1.82, 2.24) is 30.3 Å². The molecule has 0 saturated heterocycles. The second-order valence-electron chi connectivity index (χ2n) is 5.38. The fourth-order valence-electron chi connectivity index (χ4n) is 2.05. The molecule has 2 aromatic rings. The SMILES string of the molecule is CCCCc1noc(C(C)SCc2nnnn2C2CC2)n1. The van der Waals surface area contributed by atoms with Gasteiger partial charge in [-0.25, -0.2) is 4.68 Å². The van der Waals surface area contributed by atoms with Gasteiger partial charge in [-0.2, -0.15) is 4.98 Å². The zero-order chi connectivity index (χ0) is 14.7. The zero-order valence-electron chi connectivity index (χ0n) is 12.4. The van der Waals surface area contributed by atoms with Gasteiger partial charge in [0.15, 0.2) is 11.6 Å². The molecule has 1 unspecified atom stereocenters. The Bertz CT molecular complexity index is 579. The van der Waals surface area contributed by atoms with Gasteiger partial charge in [-0.15, -0.1) is 16.9 Å². The van der Waals surface area contributed by atoms with E-state index in [0.29, 0.717) is 11.9 Å². The first kappa shape index (κ1) is 14.5. The van der Waals surface area contributed by atoms with Gasteiger partial charge in [0.05, 0.1) is 17.0 Å². The Hall–Kier alpha value is -1.44. The highest BCUT2D eigenvalue weighted by Gasteiger charge is 2.28. The van der Waals surface area contributed by atoms with Crippen molar-refractivity contribution in [3.8, 4) is 0 Å². The van der Waals surface area contributed by atoms with Gasteiger partial charge in [0.1, 0.15) is 0 Å². The predicted molar refractivity (Wildman–Crippen MR) is 78.7 cm³/mol. The summed E-state index contributed by atoms with van der Waals surface area (Å²) in [7, 11) is 0. The normalized spacial score (nSPS) is 16.3. The molecule has 1 atom stereocenters. The fourth-order valence-corrected chi connectivity index (χ4v) is 2.88. The smallest absolute Gasteiger partial charge is 0.239 e. The summed E-state index contributed by atoms with van der Waals surface area (Å²) in [5.41, 5.74) is 0. The van der Waals surface area contributed by atoms with Crippen LogP contribution in [0.3, 0.4) is 0 Å². The number of hydrogen-bond acceptors (Lipinski definition) is 7. The number of nitrogens with zero attached hydrogens (tertiary/aromatic N) is 6. The summed E-state index contributed by atoms with van der Waals surface area (Å²) >= 11 is 1.72. The van der Waals surface area contributed by atoms with Crippen LogP contribution in [0.15, 0.2) is 4.52 Å². The molecule has 0 bridgehead atoms. The lowest BCUT2D eigenvalue weighted by molar-refractivity contribution is 0.374. The molecule has 0 radical (unpaired) electrons. The van der Waals surface area contributed by atoms with Crippen LogP contribution >= 0.6 is 11.8 Å². The summed E-state index contributed by atoms with van der Waals surface area (Å²) in [4.78, 5) is 4.46. The van der Waals surface area contributed by atoms with Crippen LogP contribution in [-0.4, -0.2) is 30.3 Å². The third kappa shape index (κ3) is 3.61. The Morgan fingerprint density at radius 2 is 2.29 bits per heavy atom. The molecule has 0 N–H and O–H groups in total. The van der Waals surface area contributed by atoms with Crippen molar-refractivity contribution in [3.63, 3.8) is 0 Å². The molecule has 0 spiro atoms. The predicted octanol–water partition coefficient (Wildman–Crippen LogP) is 2.73. The molecule has 1 fully saturated rings. The van der Waals surface area contributed by atoms with Gasteiger partial charge in [-0.1, -0.05) is 18.5 Å². The van der Waals surface area contributed by atoms with Crippen molar-refractivity contribution in [2.45, 2.75) is 63.0 Å². The Balaban J connectivity index is 1.54. The largest absolute Gasteiger partial charge is 0.338 e. The number of unbranched alkanes of at least 4 members (excludes halogenated alkanes) is 1. The van der Waals surface area contributed by atoms with E-state index in [9.17, 15) is 0 Å². The molecule has 0 aromatic carbocycles. The number of aryl methyl sites for hydroxylation is 1. The van der Waals surface area contributed by atoms with E-state index in [1.165, 1.54) is 12.8 Å². The van der Waals surface area contributed by atoms with Crippen LogP contribution in [0.2, 0.25) is 0 Å². The fraction of sp³-hybridized carbons (Fsp3) is 0.769. The van der Waals surface area contributed by atoms with Crippen molar-refractivity contribution in [3.05, 3.63) is 17.5 Å². The van der Waals surface area contributed by atoms with Crippen molar-refractivity contribution in [2.75, 3.05) is 0 Å². The molecule has 21 heavy (non-hydrogen) atoms. The molecular weight excluding hydrogens is 288 g/mol. The molecule has 1 aliphatic rings. The lowest BCUT2D eigenvalue weighted by Crippen LogP contribution is -2.03. The van der Waals surface area contributed by atoms with Crippen LogP contribution in [0.25, 0.3) is 0 Å². The van der Waals surface area contributed by atoms with E-state index in [-0.39, 0.29) is 5.25 Å². The van der Waals surface area contributed by atoms with Crippen LogP contribution < -0.4 is 0 Å². The van der Waals surface area contributed by atoms with Crippen LogP contribution in [0.4, 0.5) is 0 Å². The average molecular weight is 308 g/mol. The highest BCUT2D eigenvalue weighted by atomic mass is 32.2. The van der Waals surface area contributed by atoms with Crippen LogP contribution in [0, 0.1) is 0 Å². The Kier molecular flexibility index (Phi) is 4.52. The highest BCUT2D eigenvalue weighted by Crippen LogP contribution is 2.36. The summed E-state index contributed by atoms with van der Waals surface area (Å²) in [5.74, 6) is 3.19. The van der Waals surface area contributed by atoms with Crippen LogP contribution in [0.1, 0.15) is 68.4 Å². The van der Waals surface area contributed by atoms with E-state index in [0.717, 1.165) is 36.7 Å². The van der Waals surface area contributed by atoms with Crippen molar-refractivity contribution < 1.29 is 4.52 Å². The summed E-state index contributed by atoms with van der Waals surface area (Å²) in [6.07, 6.45) is 5.48. The summed E-state index contributed by atoms with van der Waals surface area (Å²) < 4.78 is 7.29. The molecule has 0 aliphatic heterocycles. The third-order valence-corrected chi connectivity index (χ3v) is 4.63. The van der Waals surface area contributed by atoms with Crippen molar-refractivity contribution >= 4 is 11.8 Å². The summed E-state index contributed by atoms with van der Waals surface area (Å²) in [6, 6.07) is 0.509. The topological polar surface area (TPSA) is 82.5 Å². The van der Waals surface area contributed by atoms with E-state index in [4.69, 9.17) is 4.52 Å². The minimum Gasteiger partial charge on any atom is -0.338 e. The van der Waals surface area contributed by atoms with E-state index < -0.39 is 0 Å². The van der Waals surface area contributed by atoms with Crippen LogP contribution in [-0.2, 0) is 12.2 Å². The number of thioether (sulfide) groups is 1. The molecule has 3 rings (SSSR count). The van der Waals surface area contributed by atoms with Crippen LogP contribution in [0.5, 0.6) is 0 Å². The van der Waals surface area contributed by atoms with Gasteiger partial charge >= 0.3 is 0 Å². The monoisotopic (exact) mass is 308 g/mol. The van der Waals surface area contributed by atoms with E-state index in [1.54, 1.807) is 11.8 Å². The lowest BCUT2D eigenvalue weighted by atomic mass is 10.2. The Morgan fingerprint density at radius 3 is 3.05 bits per heavy atom. The number of hydrogen-bond donors (Lipinski definition) is 0. The minimum atomic E-state index is 0.150. The van der Waals surface area contributed by atoms with Gasteiger partial charge in [0.25, 0.3) is 0 Å². The summed E-state index contributed by atoms with van der Waals surface area (Å²) in [5, 5.41) is 16.1. The second-order valence-corrected chi connectivity index (χ2v) is 6.71. The van der Waals surface area contributed by atoms with Gasteiger partial charge in [0, 0.05) is 6.42 Å². The van der Waals surface area contributed by atoms with Gasteiger partial charge in [-0.3, -0.25) is 0 Å². The first-order valence-corrected chi connectivity index (χ1v) is 8.53. The molecule has 2 aromatic heterocycles. The molecule has 1 aliphatic carbocycles. The van der Waals surface area contributed by atoms with Gasteiger partial charge < -0.3 is 4.52 Å². The lowest BCUT2D eigenvalue weighted by Gasteiger charge is -2.06. The Morgan fingerprint density at radius 1 is 1.43 bits per heavy atom. The maximum Gasteiger partial charge on any atom is 0.239 e. The van der Waals surface area contributed by atoms with E-state index in [2.05, 4.69) is 39.5 Å². The third-order valence-electron chi connectivity index (χ3n) is 3.50. The maximum atomic E-state index is 5.34. The second kappa shape index (κ2) is 6.55. The van der Waals surface area contributed by atoms with Crippen molar-refractivity contribution in [2.24, 2.45) is 0 Å². The first-order chi connectivity index (χ1) is 10.3. The molecule has 2 heterocycles. The van der Waals surface area contributed by atoms with Gasteiger partial charge in [-0.05, 0) is 36.6 Å². The molecule has 114 valence electrons. The average Bonchev–Trinajstić information content (AvgIpc) is 3.04. The standard InChI is InChI=1S/C13H20N6OS/c1-3-4-5-11-14-13(20-16-11)9(2)21-8-12-15-17-18-19(12)10-6-7-10/h9-10H,3-8H2,1-2H3. The summed E-state index contributed by atoms with van der Waals surface area (Å²) in [6.45, 7) is 4.23. The zero-order valence-corrected chi connectivity index (χ0v) is 13.2. The first-order valence-electron chi connectivity index (χ1n) is 7.48. The molecule has 0 amide bonds. The quantitative estimate of drug-likeness (QED) is 0.741. The number of tetrazole rings is 1. The minimum absolute atomic E-state index is 0.150.